The third kappa shape index (κ3) is 53.8. The Balaban J connectivity index is 1.62. The minimum Gasteiger partial charge on any atom is -0.394 e. The maximum atomic E-state index is 13.4. The molecular weight excluding hydrogens is 1290 g/mol. The van der Waals surface area contributed by atoms with Crippen LogP contribution in [0.5, 0.6) is 0 Å². The number of rotatable bonds is 70. The van der Waals surface area contributed by atoms with Crippen LogP contribution in [-0.2, 0) is 23.7 Å². The molecule has 1 amide bonds. The highest BCUT2D eigenvalue weighted by Crippen LogP contribution is 2.30. The molecule has 12 unspecified atom stereocenters. The van der Waals surface area contributed by atoms with E-state index in [1.54, 1.807) is 6.08 Å². The van der Waals surface area contributed by atoms with E-state index in [2.05, 4.69) is 129 Å². The van der Waals surface area contributed by atoms with Crippen LogP contribution in [0.2, 0.25) is 0 Å². The fourth-order valence-electron chi connectivity index (χ4n) is 13.3. The first kappa shape index (κ1) is 95.5. The van der Waals surface area contributed by atoms with Gasteiger partial charge in [0.05, 0.1) is 32.0 Å². The van der Waals surface area contributed by atoms with E-state index in [0.717, 1.165) is 89.9 Å². The maximum absolute atomic E-state index is 13.4. The number of hydrogen-bond acceptors (Lipinski definition) is 13. The van der Waals surface area contributed by atoms with Crippen LogP contribution in [0.1, 0.15) is 341 Å². The number of allylic oxidation sites excluding steroid dienone is 19. The van der Waals surface area contributed by atoms with E-state index in [-0.39, 0.29) is 18.9 Å². The van der Waals surface area contributed by atoms with E-state index in [9.17, 15) is 45.6 Å². The average molecular weight is 1450 g/mol. The van der Waals surface area contributed by atoms with Gasteiger partial charge in [0.15, 0.2) is 12.6 Å². The van der Waals surface area contributed by atoms with Gasteiger partial charge in [0.1, 0.15) is 48.8 Å². The number of carbonyl (C=O) groups excluding carboxylic acids is 1. The molecule has 0 aliphatic carbocycles. The van der Waals surface area contributed by atoms with Crippen LogP contribution in [0.25, 0.3) is 0 Å². The Hall–Kier alpha value is -3.61. The summed E-state index contributed by atoms with van der Waals surface area (Å²) < 4.78 is 22.9. The molecule has 2 saturated heterocycles. The van der Waals surface area contributed by atoms with Crippen molar-refractivity contribution in [3.63, 3.8) is 0 Å². The van der Waals surface area contributed by atoms with E-state index in [0.29, 0.717) is 12.8 Å². The molecule has 14 heteroatoms. The molecule has 2 rings (SSSR count). The highest BCUT2D eigenvalue weighted by atomic mass is 16.7. The van der Waals surface area contributed by atoms with Crippen molar-refractivity contribution in [1.29, 1.82) is 0 Å². The quantitative estimate of drug-likeness (QED) is 0.0204. The van der Waals surface area contributed by atoms with Crippen LogP contribution in [0.15, 0.2) is 122 Å². The molecule has 0 radical (unpaired) electrons. The number of carbonyl (C=O) groups is 1. The minimum atomic E-state index is -1.80. The fourth-order valence-corrected chi connectivity index (χ4v) is 13.3. The van der Waals surface area contributed by atoms with E-state index < -0.39 is 86.8 Å². The standard InChI is InChI=1S/C89H155NO13/c1-3-5-7-9-11-13-15-17-19-21-23-25-27-29-31-33-35-37-38-39-40-41-43-45-47-49-51-53-55-57-59-61-63-65-67-69-71-73-81(94)90-77(76-100-88-86(99)84(97)87(80(75-92)102-88)103-89-85(98)83(96)82(95)79(74-91)101-89)78(93)72-70-68-66-64-62-60-58-56-54-52-50-48-46-44-42-36-34-32-30-28-26-24-22-20-18-16-14-12-10-8-6-4-2/h5,7,11,13,17,19,23,25,29,31,35,37,39-40,43,45,62,64,70,72,77-80,82-89,91-93,95-99H,3-4,6,8-10,12,14-16,18,20-22,24,26-28,30,32-34,36,38,41-42,44,46-61,63,65-69,71,73-76H2,1-2H3,(H,90,94)/b7-5-,13-11-,19-17-,25-23-,31-29-,37-35-,40-39-,45-43-,64-62+,72-70+. The van der Waals surface area contributed by atoms with Crippen molar-refractivity contribution in [2.75, 3.05) is 19.8 Å². The summed E-state index contributed by atoms with van der Waals surface area (Å²) in [4.78, 5) is 13.4. The predicted octanol–water partition coefficient (Wildman–Crippen LogP) is 20.0. The first-order chi connectivity index (χ1) is 50.6. The second kappa shape index (κ2) is 71.3. The van der Waals surface area contributed by atoms with Crippen molar-refractivity contribution in [3.05, 3.63) is 122 Å². The third-order valence-electron chi connectivity index (χ3n) is 19.9. The molecule has 2 fully saturated rings. The fraction of sp³-hybridized carbons (Fsp3) is 0.764. The van der Waals surface area contributed by atoms with Gasteiger partial charge in [-0.3, -0.25) is 4.79 Å². The van der Waals surface area contributed by atoms with Crippen molar-refractivity contribution in [1.82, 2.24) is 5.32 Å². The molecule has 2 aliphatic heterocycles. The van der Waals surface area contributed by atoms with Crippen LogP contribution in [0.4, 0.5) is 0 Å². The van der Waals surface area contributed by atoms with Gasteiger partial charge in [-0.15, -0.1) is 0 Å². The van der Waals surface area contributed by atoms with Crippen molar-refractivity contribution < 1.29 is 64.6 Å². The molecule has 103 heavy (non-hydrogen) atoms. The first-order valence-corrected chi connectivity index (χ1v) is 42.3. The molecule has 14 nitrogen and oxygen atoms in total. The Kier molecular flexibility index (Phi) is 66.1. The van der Waals surface area contributed by atoms with Gasteiger partial charge in [-0.1, -0.05) is 360 Å². The lowest BCUT2D eigenvalue weighted by Gasteiger charge is -2.46. The van der Waals surface area contributed by atoms with Gasteiger partial charge in [-0.25, -0.2) is 0 Å². The summed E-state index contributed by atoms with van der Waals surface area (Å²) in [6.45, 7) is 2.70. The number of hydrogen-bond donors (Lipinski definition) is 9. The Morgan fingerprint density at radius 3 is 1.07 bits per heavy atom. The molecule has 2 aliphatic rings. The Morgan fingerprint density at radius 1 is 0.359 bits per heavy atom. The molecule has 0 aromatic rings. The number of unbranched alkanes of at least 4 members (excludes halogenated alkanes) is 39. The summed E-state index contributed by atoms with van der Waals surface area (Å²) in [7, 11) is 0. The summed E-state index contributed by atoms with van der Waals surface area (Å²) in [6.07, 6.45) is 88.6. The Bertz CT molecular complexity index is 2200. The monoisotopic (exact) mass is 1450 g/mol. The zero-order valence-corrected chi connectivity index (χ0v) is 65.3. The molecule has 0 saturated carbocycles. The number of aliphatic hydroxyl groups is 8. The van der Waals surface area contributed by atoms with E-state index >= 15 is 0 Å². The highest BCUT2D eigenvalue weighted by molar-refractivity contribution is 5.76. The number of aliphatic hydroxyl groups excluding tert-OH is 8. The summed E-state index contributed by atoms with van der Waals surface area (Å²) in [6, 6.07) is -0.943. The molecule has 0 aromatic heterocycles. The maximum Gasteiger partial charge on any atom is 0.220 e. The minimum absolute atomic E-state index is 0.252. The normalized spacial score (nSPS) is 22.2. The van der Waals surface area contributed by atoms with Crippen molar-refractivity contribution >= 4 is 5.91 Å². The van der Waals surface area contributed by atoms with Gasteiger partial charge in [0, 0.05) is 6.42 Å². The molecule has 9 N–H and O–H groups in total. The van der Waals surface area contributed by atoms with Gasteiger partial charge in [-0.2, -0.15) is 0 Å². The van der Waals surface area contributed by atoms with Gasteiger partial charge >= 0.3 is 0 Å². The van der Waals surface area contributed by atoms with Gasteiger partial charge in [0.2, 0.25) is 5.91 Å². The van der Waals surface area contributed by atoms with Crippen molar-refractivity contribution in [2.24, 2.45) is 0 Å². The molecule has 0 aromatic carbocycles. The third-order valence-corrected chi connectivity index (χ3v) is 19.9. The smallest absolute Gasteiger partial charge is 0.220 e. The second-order valence-corrected chi connectivity index (χ2v) is 29.2. The second-order valence-electron chi connectivity index (χ2n) is 29.2. The Labute approximate surface area is 628 Å². The summed E-state index contributed by atoms with van der Waals surface area (Å²) in [5.74, 6) is -0.252. The van der Waals surface area contributed by atoms with Crippen LogP contribution in [0.3, 0.4) is 0 Å². The van der Waals surface area contributed by atoms with Gasteiger partial charge in [-0.05, 0) is 96.3 Å². The van der Waals surface area contributed by atoms with Gasteiger partial charge < -0.3 is 65.1 Å². The summed E-state index contributed by atoms with van der Waals surface area (Å²) in [5, 5.41) is 87.8. The largest absolute Gasteiger partial charge is 0.394 e. The van der Waals surface area contributed by atoms with Crippen molar-refractivity contribution in [2.45, 2.75) is 415 Å². The SMILES string of the molecule is CC/C=C\C/C=C\C/C=C\C/C=C\C/C=C\C/C=C\C/C=C\C/C=C\CCCCCCCCCCCCCCC(=O)NC(COC1OC(CO)C(OC2OC(CO)C(O)C(O)C2O)C(O)C1O)C(O)/C=C/CC/C=C/CCCCCCCCCCCCCCCCCCCCCCCCCCCC. The molecule has 0 bridgehead atoms. The molecular formula is C89H155NO13. The van der Waals surface area contributed by atoms with Crippen LogP contribution in [-0.4, -0.2) is 140 Å². The lowest BCUT2D eigenvalue weighted by molar-refractivity contribution is -0.359. The number of nitrogens with one attached hydrogen (secondary N) is 1. The van der Waals surface area contributed by atoms with E-state index in [1.165, 1.54) is 218 Å². The van der Waals surface area contributed by atoms with Crippen LogP contribution >= 0.6 is 0 Å². The lowest BCUT2D eigenvalue weighted by Crippen LogP contribution is -2.65. The lowest BCUT2D eigenvalue weighted by atomic mass is 9.97. The summed E-state index contributed by atoms with van der Waals surface area (Å²) >= 11 is 0. The molecule has 12 atom stereocenters. The summed E-state index contributed by atoms with van der Waals surface area (Å²) in [5.41, 5.74) is 0. The predicted molar refractivity (Wildman–Crippen MR) is 429 cm³/mol. The number of amides is 1. The van der Waals surface area contributed by atoms with Crippen molar-refractivity contribution in [3.8, 4) is 0 Å². The highest BCUT2D eigenvalue weighted by Gasteiger charge is 2.51. The van der Waals surface area contributed by atoms with Gasteiger partial charge in [0.25, 0.3) is 0 Å². The van der Waals surface area contributed by atoms with Crippen LogP contribution in [0, 0.1) is 0 Å². The topological polar surface area (TPSA) is 228 Å². The zero-order valence-electron chi connectivity index (χ0n) is 65.3. The molecule has 594 valence electrons. The molecule has 0 spiro atoms. The first-order valence-electron chi connectivity index (χ1n) is 42.3. The van der Waals surface area contributed by atoms with E-state index in [4.69, 9.17) is 18.9 Å². The number of ether oxygens (including phenoxy) is 4. The van der Waals surface area contributed by atoms with Crippen LogP contribution < -0.4 is 5.32 Å². The van der Waals surface area contributed by atoms with E-state index in [1.807, 2.05) is 6.08 Å². The average Bonchev–Trinajstić information content (AvgIpc) is 0.791. The Morgan fingerprint density at radius 2 is 0.680 bits per heavy atom. The molecule has 2 heterocycles. The zero-order chi connectivity index (χ0) is 74.4.